The Labute approximate surface area is 198 Å². The molecule has 1 saturated carbocycles. The summed E-state index contributed by atoms with van der Waals surface area (Å²) in [5.41, 5.74) is -0.120. The van der Waals surface area contributed by atoms with Crippen molar-refractivity contribution in [2.24, 2.45) is 14.1 Å². The van der Waals surface area contributed by atoms with E-state index in [2.05, 4.69) is 15.3 Å². The van der Waals surface area contributed by atoms with E-state index in [9.17, 15) is 14.4 Å². The van der Waals surface area contributed by atoms with E-state index in [1.54, 1.807) is 25.2 Å². The number of hydrogen-bond donors (Lipinski definition) is 1. The number of halogens is 2. The molecular formula is C21H21Cl2N5O3S. The van der Waals surface area contributed by atoms with E-state index >= 15 is 0 Å². The van der Waals surface area contributed by atoms with E-state index in [0.717, 1.165) is 42.0 Å². The molecule has 0 bridgehead atoms. The molecule has 8 nitrogen and oxygen atoms in total. The van der Waals surface area contributed by atoms with Crippen LogP contribution in [0.2, 0.25) is 10.0 Å². The molecule has 0 radical (unpaired) electrons. The van der Waals surface area contributed by atoms with E-state index in [1.807, 2.05) is 0 Å². The molecule has 0 atom stereocenters. The number of amides is 1. The Morgan fingerprint density at radius 3 is 2.53 bits per heavy atom. The average Bonchev–Trinajstić information content (AvgIpc) is 3.31. The van der Waals surface area contributed by atoms with Gasteiger partial charge in [-0.2, -0.15) is 0 Å². The van der Waals surface area contributed by atoms with Crippen molar-refractivity contribution in [3.05, 3.63) is 54.9 Å². The standard InChI is InChI=1S/C21H21Cl2N5O3S/c1-27-18-16(20(30)28(2)21(27)31)19(26-17(25-18)11-5-3-4-6-11)32-10-15(29)24-12-7-8-13(22)14(23)9-12/h7-9,11H,3-6,10H2,1-2H3,(H,24,29). The molecule has 0 aliphatic heterocycles. The van der Waals surface area contributed by atoms with Gasteiger partial charge >= 0.3 is 5.69 Å². The van der Waals surface area contributed by atoms with Gasteiger partial charge in [0.15, 0.2) is 5.65 Å². The number of fused-ring (bicyclic) bond motifs is 1. The average molecular weight is 494 g/mol. The Kier molecular flexibility index (Phi) is 6.60. The first-order chi connectivity index (χ1) is 15.3. The first-order valence-electron chi connectivity index (χ1n) is 10.1. The van der Waals surface area contributed by atoms with Gasteiger partial charge in [-0.25, -0.2) is 14.8 Å². The van der Waals surface area contributed by atoms with Crippen LogP contribution in [0.3, 0.4) is 0 Å². The van der Waals surface area contributed by atoms with Crippen LogP contribution in [0.25, 0.3) is 11.0 Å². The summed E-state index contributed by atoms with van der Waals surface area (Å²) in [7, 11) is 3.00. The van der Waals surface area contributed by atoms with Crippen LogP contribution < -0.4 is 16.6 Å². The molecule has 4 rings (SSSR count). The smallest absolute Gasteiger partial charge is 0.325 e. The van der Waals surface area contributed by atoms with Crippen molar-refractivity contribution in [2.45, 2.75) is 36.6 Å². The van der Waals surface area contributed by atoms with Gasteiger partial charge < -0.3 is 5.32 Å². The highest BCUT2D eigenvalue weighted by molar-refractivity contribution is 8.00. The van der Waals surface area contributed by atoms with Crippen molar-refractivity contribution in [3.8, 4) is 0 Å². The Balaban J connectivity index is 1.68. The number of carbonyl (C=O) groups excluding carboxylic acids is 1. The molecule has 1 N–H and O–H groups in total. The topological polar surface area (TPSA) is 98.9 Å². The molecule has 0 unspecified atom stereocenters. The molecule has 1 aliphatic carbocycles. The highest BCUT2D eigenvalue weighted by Crippen LogP contribution is 2.34. The number of thioether (sulfide) groups is 1. The second-order valence-corrected chi connectivity index (χ2v) is 9.52. The Bertz CT molecular complexity index is 1330. The molecule has 1 aromatic carbocycles. The minimum atomic E-state index is -0.478. The van der Waals surface area contributed by atoms with Gasteiger partial charge in [0, 0.05) is 25.7 Å². The lowest BCUT2D eigenvalue weighted by molar-refractivity contribution is -0.113. The molecule has 168 valence electrons. The van der Waals surface area contributed by atoms with Crippen LogP contribution in [0.1, 0.15) is 37.4 Å². The largest absolute Gasteiger partial charge is 0.332 e. The fourth-order valence-electron chi connectivity index (χ4n) is 3.82. The molecule has 2 aromatic heterocycles. The van der Waals surface area contributed by atoms with Crippen LogP contribution in [0, 0.1) is 0 Å². The molecule has 32 heavy (non-hydrogen) atoms. The number of aryl methyl sites for hydroxylation is 1. The zero-order valence-corrected chi connectivity index (χ0v) is 19.9. The van der Waals surface area contributed by atoms with Crippen molar-refractivity contribution < 1.29 is 4.79 Å². The normalized spacial score (nSPS) is 14.2. The zero-order valence-electron chi connectivity index (χ0n) is 17.5. The SMILES string of the molecule is Cn1c(=O)c2c(SCC(=O)Nc3ccc(Cl)c(Cl)c3)nc(C3CCCC3)nc2n(C)c1=O. The third kappa shape index (κ3) is 4.42. The van der Waals surface area contributed by atoms with Crippen LogP contribution in [-0.4, -0.2) is 30.8 Å². The highest BCUT2D eigenvalue weighted by Gasteiger charge is 2.24. The third-order valence-electron chi connectivity index (χ3n) is 5.55. The van der Waals surface area contributed by atoms with Crippen LogP contribution in [0.15, 0.2) is 32.8 Å². The predicted octanol–water partition coefficient (Wildman–Crippen LogP) is 3.72. The number of rotatable bonds is 5. The highest BCUT2D eigenvalue weighted by atomic mass is 35.5. The second kappa shape index (κ2) is 9.25. The van der Waals surface area contributed by atoms with Crippen molar-refractivity contribution in [1.82, 2.24) is 19.1 Å². The van der Waals surface area contributed by atoms with E-state index in [4.69, 9.17) is 23.2 Å². The van der Waals surface area contributed by atoms with Gasteiger partial charge in [-0.3, -0.25) is 18.7 Å². The number of nitrogens with zero attached hydrogens (tertiary/aromatic N) is 4. The van der Waals surface area contributed by atoms with Crippen LogP contribution in [0.4, 0.5) is 5.69 Å². The van der Waals surface area contributed by atoms with E-state index in [0.29, 0.717) is 32.2 Å². The van der Waals surface area contributed by atoms with Crippen LogP contribution in [-0.2, 0) is 18.9 Å². The maximum absolute atomic E-state index is 12.9. The van der Waals surface area contributed by atoms with Crippen molar-refractivity contribution in [2.75, 3.05) is 11.1 Å². The maximum Gasteiger partial charge on any atom is 0.332 e. The van der Waals surface area contributed by atoms with Crippen LogP contribution >= 0.6 is 35.0 Å². The number of nitrogens with one attached hydrogen (secondary N) is 1. The van der Waals surface area contributed by atoms with Crippen LogP contribution in [0.5, 0.6) is 0 Å². The Morgan fingerprint density at radius 1 is 1.12 bits per heavy atom. The van der Waals surface area contributed by atoms with Gasteiger partial charge in [-0.05, 0) is 31.0 Å². The molecule has 2 heterocycles. The first-order valence-corrected chi connectivity index (χ1v) is 11.9. The van der Waals surface area contributed by atoms with Gasteiger partial charge in [0.25, 0.3) is 5.56 Å². The van der Waals surface area contributed by atoms with Gasteiger partial charge in [-0.1, -0.05) is 47.8 Å². The quantitative estimate of drug-likeness (QED) is 0.429. The molecule has 11 heteroatoms. The van der Waals surface area contributed by atoms with E-state index < -0.39 is 11.2 Å². The minimum absolute atomic E-state index is 0.0163. The summed E-state index contributed by atoms with van der Waals surface area (Å²) >= 11 is 13.1. The fraction of sp³-hybridized carbons (Fsp3) is 0.381. The van der Waals surface area contributed by atoms with Gasteiger partial charge in [0.1, 0.15) is 16.2 Å². The maximum atomic E-state index is 12.9. The summed E-state index contributed by atoms with van der Waals surface area (Å²) < 4.78 is 2.39. The Morgan fingerprint density at radius 2 is 1.84 bits per heavy atom. The number of aromatic nitrogens is 4. The van der Waals surface area contributed by atoms with Crippen molar-refractivity contribution in [1.29, 1.82) is 0 Å². The minimum Gasteiger partial charge on any atom is -0.325 e. The summed E-state index contributed by atoms with van der Waals surface area (Å²) in [5, 5.41) is 4.13. The number of anilines is 1. The zero-order chi connectivity index (χ0) is 23.0. The fourth-order valence-corrected chi connectivity index (χ4v) is 4.94. The molecule has 0 spiro atoms. The summed E-state index contributed by atoms with van der Waals surface area (Å²) in [5.74, 6) is 0.528. The third-order valence-corrected chi connectivity index (χ3v) is 7.26. The van der Waals surface area contributed by atoms with Gasteiger partial charge in [0.05, 0.1) is 15.8 Å². The lowest BCUT2D eigenvalue weighted by atomic mass is 10.1. The number of carbonyl (C=O) groups is 1. The summed E-state index contributed by atoms with van der Waals surface area (Å²) in [6.07, 6.45) is 4.12. The number of benzene rings is 1. The lowest BCUT2D eigenvalue weighted by Crippen LogP contribution is -2.38. The second-order valence-electron chi connectivity index (χ2n) is 7.74. The summed E-state index contributed by atoms with van der Waals surface area (Å²) in [4.78, 5) is 47.1. The van der Waals surface area contributed by atoms with Gasteiger partial charge in [-0.15, -0.1) is 0 Å². The summed E-state index contributed by atoms with van der Waals surface area (Å²) in [6.45, 7) is 0. The monoisotopic (exact) mass is 493 g/mol. The van der Waals surface area contributed by atoms with E-state index in [1.165, 1.54) is 11.6 Å². The first kappa shape index (κ1) is 22.8. The molecule has 1 amide bonds. The number of hydrogen-bond acceptors (Lipinski definition) is 6. The molecule has 1 aliphatic rings. The Hall–Kier alpha value is -2.36. The molecule has 0 saturated heterocycles. The molecule has 3 aromatic rings. The van der Waals surface area contributed by atoms with E-state index in [-0.39, 0.29) is 23.0 Å². The van der Waals surface area contributed by atoms with Crippen molar-refractivity contribution >= 4 is 57.6 Å². The molecular weight excluding hydrogens is 473 g/mol. The van der Waals surface area contributed by atoms with Crippen molar-refractivity contribution in [3.63, 3.8) is 0 Å². The summed E-state index contributed by atoms with van der Waals surface area (Å²) in [6, 6.07) is 4.82. The predicted molar refractivity (Wildman–Crippen MR) is 127 cm³/mol. The van der Waals surface area contributed by atoms with Gasteiger partial charge in [0.2, 0.25) is 5.91 Å². The lowest BCUT2D eigenvalue weighted by Gasteiger charge is -2.14. The molecule has 1 fully saturated rings.